The zero-order valence-electron chi connectivity index (χ0n) is 13.6. The van der Waals surface area contributed by atoms with Gasteiger partial charge in [0.25, 0.3) is 11.4 Å². The molecule has 6 heteroatoms. The van der Waals surface area contributed by atoms with Crippen LogP contribution < -0.4 is 15.6 Å². The van der Waals surface area contributed by atoms with Crippen LogP contribution in [0.1, 0.15) is 40.5 Å². The van der Waals surface area contributed by atoms with Crippen molar-refractivity contribution >= 4 is 17.3 Å². The maximum atomic E-state index is 11.8. The van der Waals surface area contributed by atoms with Crippen LogP contribution in [-0.4, -0.2) is 22.8 Å². The maximum Gasteiger partial charge on any atom is 0.285 e. The van der Waals surface area contributed by atoms with Crippen LogP contribution in [0.2, 0.25) is 5.02 Å². The van der Waals surface area contributed by atoms with E-state index in [1.807, 2.05) is 6.92 Å². The molecule has 2 bridgehead atoms. The van der Waals surface area contributed by atoms with Crippen molar-refractivity contribution in [2.75, 3.05) is 11.9 Å². The molecule has 5 nitrogen and oxygen atoms in total. The fourth-order valence-electron chi connectivity index (χ4n) is 4.31. The molecule has 4 rings (SSSR count). The quantitative estimate of drug-likeness (QED) is 0.891. The van der Waals surface area contributed by atoms with E-state index in [1.54, 1.807) is 0 Å². The van der Waals surface area contributed by atoms with E-state index in [2.05, 4.69) is 36.3 Å². The lowest BCUT2D eigenvalue weighted by Crippen LogP contribution is -2.58. The number of nitrogens with one attached hydrogen (secondary N) is 2. The minimum atomic E-state index is -0.387. The van der Waals surface area contributed by atoms with E-state index in [4.69, 9.17) is 16.3 Å². The Balaban J connectivity index is 1.85. The number of hydrogen-bond donors (Lipinski definition) is 2. The van der Waals surface area contributed by atoms with Crippen molar-refractivity contribution in [3.8, 4) is 5.88 Å². The summed E-state index contributed by atoms with van der Waals surface area (Å²) in [6.07, 6.45) is 2.41. The molecule has 3 aliphatic carbocycles. The molecule has 3 aliphatic rings. The van der Waals surface area contributed by atoms with Crippen molar-refractivity contribution < 1.29 is 4.74 Å². The van der Waals surface area contributed by atoms with Gasteiger partial charge in [0.1, 0.15) is 10.7 Å². The van der Waals surface area contributed by atoms with Crippen molar-refractivity contribution in [3.05, 3.63) is 15.4 Å². The first kappa shape index (κ1) is 15.7. The molecule has 4 atom stereocenters. The molecule has 0 aliphatic heterocycles. The van der Waals surface area contributed by atoms with Crippen LogP contribution in [0.5, 0.6) is 5.88 Å². The summed E-state index contributed by atoms with van der Waals surface area (Å²) in [5, 5.41) is 9.92. The minimum Gasteiger partial charge on any atom is -0.475 e. The molecule has 0 radical (unpaired) electrons. The second-order valence-electron chi connectivity index (χ2n) is 7.19. The summed E-state index contributed by atoms with van der Waals surface area (Å²) in [5.74, 6) is 2.35. The predicted octanol–water partition coefficient (Wildman–Crippen LogP) is 3.30. The molecule has 3 fully saturated rings. The van der Waals surface area contributed by atoms with Gasteiger partial charge in [-0.3, -0.25) is 4.79 Å². The highest BCUT2D eigenvalue weighted by molar-refractivity contribution is 6.33. The molecule has 0 amide bonds. The number of rotatable bonds is 4. The predicted molar refractivity (Wildman–Crippen MR) is 87.6 cm³/mol. The number of H-pyrrole nitrogens is 1. The van der Waals surface area contributed by atoms with Gasteiger partial charge in [-0.15, -0.1) is 5.10 Å². The maximum absolute atomic E-state index is 11.8. The van der Waals surface area contributed by atoms with Crippen molar-refractivity contribution in [2.45, 2.75) is 46.6 Å². The molecule has 122 valence electrons. The third-order valence-corrected chi connectivity index (χ3v) is 6.22. The Bertz CT molecular complexity index is 628. The zero-order chi connectivity index (χ0) is 16.1. The number of hydrogen-bond acceptors (Lipinski definition) is 4. The number of aromatic amines is 1. The fraction of sp³-hybridized carbons (Fsp3) is 0.750. The van der Waals surface area contributed by atoms with Gasteiger partial charge in [-0.05, 0) is 42.9 Å². The molecular formula is C16H24ClN3O2. The molecule has 0 aromatic carbocycles. The van der Waals surface area contributed by atoms with Gasteiger partial charge in [-0.2, -0.15) is 0 Å². The van der Waals surface area contributed by atoms with Crippen LogP contribution in [0.25, 0.3) is 0 Å². The monoisotopic (exact) mass is 325 g/mol. The number of anilines is 1. The third-order valence-electron chi connectivity index (χ3n) is 5.86. The largest absolute Gasteiger partial charge is 0.475 e. The van der Waals surface area contributed by atoms with Gasteiger partial charge >= 0.3 is 0 Å². The van der Waals surface area contributed by atoms with Crippen LogP contribution in [0, 0.1) is 23.2 Å². The number of fused-ring (bicyclic) bond motifs is 2. The van der Waals surface area contributed by atoms with Gasteiger partial charge in [-0.1, -0.05) is 32.4 Å². The first-order valence-corrected chi connectivity index (χ1v) is 8.41. The van der Waals surface area contributed by atoms with E-state index in [-0.39, 0.29) is 10.6 Å². The zero-order valence-corrected chi connectivity index (χ0v) is 14.3. The van der Waals surface area contributed by atoms with E-state index < -0.39 is 0 Å². The summed E-state index contributed by atoms with van der Waals surface area (Å²) >= 11 is 6.18. The lowest BCUT2D eigenvalue weighted by molar-refractivity contribution is -0.105. The van der Waals surface area contributed by atoms with Crippen LogP contribution in [0.3, 0.4) is 0 Å². The molecule has 1 heterocycles. The molecule has 22 heavy (non-hydrogen) atoms. The third kappa shape index (κ3) is 2.30. The average Bonchev–Trinajstić information content (AvgIpc) is 2.47. The summed E-state index contributed by atoms with van der Waals surface area (Å²) in [6, 6.07) is 0.303. The van der Waals surface area contributed by atoms with Gasteiger partial charge in [0, 0.05) is 6.04 Å². The van der Waals surface area contributed by atoms with Crippen molar-refractivity contribution in [1.82, 2.24) is 10.2 Å². The van der Waals surface area contributed by atoms with Gasteiger partial charge in [0.05, 0.1) is 6.61 Å². The van der Waals surface area contributed by atoms with E-state index in [1.165, 1.54) is 6.42 Å². The standard InChI is InChI=1S/C16H24ClN3O2/c1-5-22-15-13(12(17)14(21)19-20-15)18-11-7-9-6-10(8(11)2)16(9,3)4/h8-11H,5-7H2,1-4H3,(H2,18,19,21)/t8-,9+,10+,11+/m0/s1. The Morgan fingerprint density at radius 2 is 2.18 bits per heavy atom. The number of nitrogens with zero attached hydrogens (tertiary/aromatic N) is 1. The van der Waals surface area contributed by atoms with Crippen LogP contribution in [0.4, 0.5) is 5.69 Å². The summed E-state index contributed by atoms with van der Waals surface area (Å²) in [7, 11) is 0. The molecule has 2 N–H and O–H groups in total. The van der Waals surface area contributed by atoms with Gasteiger partial charge in [0.2, 0.25) is 0 Å². The summed E-state index contributed by atoms with van der Waals surface area (Å²) in [6.45, 7) is 9.38. The smallest absolute Gasteiger partial charge is 0.285 e. The highest BCUT2D eigenvalue weighted by Gasteiger charge is 2.56. The van der Waals surface area contributed by atoms with Crippen molar-refractivity contribution in [1.29, 1.82) is 0 Å². The highest BCUT2D eigenvalue weighted by atomic mass is 35.5. The second-order valence-corrected chi connectivity index (χ2v) is 7.56. The fourth-order valence-corrected chi connectivity index (χ4v) is 4.48. The minimum absolute atomic E-state index is 0.129. The van der Waals surface area contributed by atoms with Crippen molar-refractivity contribution in [3.63, 3.8) is 0 Å². The Morgan fingerprint density at radius 3 is 2.77 bits per heavy atom. The summed E-state index contributed by atoms with van der Waals surface area (Å²) in [5.41, 5.74) is 0.570. The van der Waals surface area contributed by atoms with E-state index in [0.29, 0.717) is 41.5 Å². The number of ether oxygens (including phenoxy) is 1. The second kappa shape index (κ2) is 5.44. The highest BCUT2D eigenvalue weighted by Crippen LogP contribution is 2.61. The molecule has 1 aromatic heterocycles. The van der Waals surface area contributed by atoms with E-state index in [9.17, 15) is 4.79 Å². The van der Waals surface area contributed by atoms with E-state index in [0.717, 1.165) is 12.3 Å². The lowest BCUT2D eigenvalue weighted by atomic mass is 9.45. The Kier molecular flexibility index (Phi) is 3.87. The molecule has 1 aromatic rings. The molecular weight excluding hydrogens is 302 g/mol. The Morgan fingerprint density at radius 1 is 1.45 bits per heavy atom. The first-order chi connectivity index (χ1) is 10.4. The lowest BCUT2D eigenvalue weighted by Gasteiger charge is -2.62. The SMILES string of the molecule is CCOc1n[nH]c(=O)c(Cl)c1N[C@@H]1C[C@H]2C[C@H]([C@@H]1C)C2(C)C. The summed E-state index contributed by atoms with van der Waals surface area (Å²) in [4.78, 5) is 11.8. The normalized spacial score (nSPS) is 32.2. The van der Waals surface area contributed by atoms with Gasteiger partial charge in [0.15, 0.2) is 0 Å². The molecule has 0 spiro atoms. The Labute approximate surface area is 135 Å². The Hall–Kier alpha value is -1.23. The average molecular weight is 326 g/mol. The first-order valence-electron chi connectivity index (χ1n) is 8.03. The van der Waals surface area contributed by atoms with Gasteiger partial charge < -0.3 is 10.1 Å². The molecule has 0 saturated heterocycles. The van der Waals surface area contributed by atoms with E-state index >= 15 is 0 Å². The van der Waals surface area contributed by atoms with Crippen LogP contribution in [-0.2, 0) is 0 Å². The summed E-state index contributed by atoms with van der Waals surface area (Å²) < 4.78 is 5.50. The van der Waals surface area contributed by atoms with Crippen LogP contribution in [0.15, 0.2) is 4.79 Å². The number of halogens is 1. The molecule has 3 saturated carbocycles. The molecule has 0 unspecified atom stereocenters. The topological polar surface area (TPSA) is 67.0 Å². The van der Waals surface area contributed by atoms with Crippen molar-refractivity contribution in [2.24, 2.45) is 23.2 Å². The van der Waals surface area contributed by atoms with Crippen LogP contribution >= 0.6 is 11.6 Å². The number of aromatic nitrogens is 2. The van der Waals surface area contributed by atoms with Gasteiger partial charge in [-0.25, -0.2) is 5.10 Å².